The Bertz CT molecular complexity index is 871. The van der Waals surface area contributed by atoms with Crippen molar-refractivity contribution in [3.63, 3.8) is 0 Å². The molecule has 0 bridgehead atoms. The summed E-state index contributed by atoms with van der Waals surface area (Å²) in [6, 6.07) is 13.1. The molecular formula is C21H20N2O3. The number of cyclic esters (lactones) is 1. The van der Waals surface area contributed by atoms with Crippen LogP contribution < -0.4 is 10.2 Å². The minimum absolute atomic E-state index is 0.131. The predicted octanol–water partition coefficient (Wildman–Crippen LogP) is 3.04. The number of nitrogens with one attached hydrogen (secondary N) is 1. The van der Waals surface area contributed by atoms with Crippen LogP contribution in [0.15, 0.2) is 42.5 Å². The predicted molar refractivity (Wildman–Crippen MR) is 100 cm³/mol. The number of carbonyl (C=O) groups is 2. The normalized spacial score (nSPS) is 13.0. The standard InChI is InChI=1S/C21H20N2O3/c1-15-12-16(2)14-18(13-15)20(24)22-9-3-4-17-5-7-19(8-6-17)23-10-11-26-21(23)25/h5-8,12-14H,9-11H2,1-2H3,(H,22,24). The quantitative estimate of drug-likeness (QED) is 0.868. The van der Waals surface area contributed by atoms with Crippen LogP contribution in [-0.2, 0) is 4.74 Å². The van der Waals surface area contributed by atoms with Crippen molar-refractivity contribution in [2.45, 2.75) is 13.8 Å². The lowest BCUT2D eigenvalue weighted by Gasteiger charge is -2.11. The number of aryl methyl sites for hydroxylation is 2. The average molecular weight is 348 g/mol. The molecule has 0 aromatic heterocycles. The number of amides is 2. The average Bonchev–Trinajstić information content (AvgIpc) is 3.04. The maximum Gasteiger partial charge on any atom is 0.414 e. The van der Waals surface area contributed by atoms with Crippen molar-refractivity contribution < 1.29 is 14.3 Å². The molecule has 1 heterocycles. The molecule has 0 radical (unpaired) electrons. The number of benzene rings is 2. The lowest BCUT2D eigenvalue weighted by atomic mass is 10.1. The smallest absolute Gasteiger partial charge is 0.414 e. The van der Waals surface area contributed by atoms with Gasteiger partial charge in [0.15, 0.2) is 0 Å². The lowest BCUT2D eigenvalue weighted by molar-refractivity contribution is 0.0958. The van der Waals surface area contributed by atoms with Crippen LogP contribution in [-0.4, -0.2) is 31.7 Å². The molecular weight excluding hydrogens is 328 g/mol. The Morgan fingerprint density at radius 1 is 1.15 bits per heavy atom. The Morgan fingerprint density at radius 2 is 1.85 bits per heavy atom. The van der Waals surface area contributed by atoms with Gasteiger partial charge < -0.3 is 10.1 Å². The van der Waals surface area contributed by atoms with Crippen LogP contribution in [0.25, 0.3) is 0 Å². The summed E-state index contributed by atoms with van der Waals surface area (Å²) in [6.45, 7) is 5.19. The second-order valence-electron chi connectivity index (χ2n) is 6.17. The van der Waals surface area contributed by atoms with E-state index in [0.717, 1.165) is 22.4 Å². The van der Waals surface area contributed by atoms with Crippen molar-refractivity contribution in [3.05, 3.63) is 64.7 Å². The fourth-order valence-electron chi connectivity index (χ4n) is 2.83. The van der Waals surface area contributed by atoms with Gasteiger partial charge in [-0.15, -0.1) is 0 Å². The van der Waals surface area contributed by atoms with E-state index in [1.165, 1.54) is 0 Å². The summed E-state index contributed by atoms with van der Waals surface area (Å²) in [5.41, 5.74) is 4.38. The van der Waals surface area contributed by atoms with E-state index in [0.29, 0.717) is 18.7 Å². The van der Waals surface area contributed by atoms with Gasteiger partial charge >= 0.3 is 6.09 Å². The number of hydrogen-bond acceptors (Lipinski definition) is 3. The highest BCUT2D eigenvalue weighted by atomic mass is 16.6. The van der Waals surface area contributed by atoms with Crippen molar-refractivity contribution >= 4 is 17.7 Å². The highest BCUT2D eigenvalue weighted by molar-refractivity contribution is 5.94. The van der Waals surface area contributed by atoms with Crippen molar-refractivity contribution in [2.75, 3.05) is 24.6 Å². The van der Waals surface area contributed by atoms with Crippen LogP contribution in [0.5, 0.6) is 0 Å². The highest BCUT2D eigenvalue weighted by Crippen LogP contribution is 2.18. The second kappa shape index (κ2) is 7.75. The van der Waals surface area contributed by atoms with E-state index in [2.05, 4.69) is 17.2 Å². The molecule has 1 saturated heterocycles. The fourth-order valence-corrected chi connectivity index (χ4v) is 2.83. The summed E-state index contributed by atoms with van der Waals surface area (Å²) in [4.78, 5) is 25.3. The van der Waals surface area contributed by atoms with Gasteiger partial charge in [-0.1, -0.05) is 29.0 Å². The van der Waals surface area contributed by atoms with E-state index < -0.39 is 0 Å². The Morgan fingerprint density at radius 3 is 2.46 bits per heavy atom. The first-order valence-corrected chi connectivity index (χ1v) is 8.43. The largest absolute Gasteiger partial charge is 0.447 e. The molecule has 132 valence electrons. The molecule has 1 aliphatic heterocycles. The molecule has 5 nitrogen and oxygen atoms in total. The molecule has 0 saturated carbocycles. The molecule has 0 spiro atoms. The van der Waals surface area contributed by atoms with E-state index in [9.17, 15) is 9.59 Å². The summed E-state index contributed by atoms with van der Waals surface area (Å²) >= 11 is 0. The topological polar surface area (TPSA) is 58.6 Å². The molecule has 3 rings (SSSR count). The number of hydrogen-bond donors (Lipinski definition) is 1. The Hall–Kier alpha value is -3.26. The molecule has 2 aromatic carbocycles. The minimum atomic E-state index is -0.321. The summed E-state index contributed by atoms with van der Waals surface area (Å²) in [7, 11) is 0. The Labute approximate surface area is 153 Å². The maximum atomic E-state index is 12.2. The molecule has 0 unspecified atom stereocenters. The number of rotatable bonds is 3. The van der Waals surface area contributed by atoms with Gasteiger partial charge in [0.25, 0.3) is 5.91 Å². The Balaban J connectivity index is 1.56. The van der Waals surface area contributed by atoms with Crippen LogP contribution in [0.2, 0.25) is 0 Å². The van der Waals surface area contributed by atoms with E-state index >= 15 is 0 Å². The van der Waals surface area contributed by atoms with Gasteiger partial charge in [0.1, 0.15) is 6.61 Å². The third kappa shape index (κ3) is 4.22. The monoisotopic (exact) mass is 348 g/mol. The first-order valence-electron chi connectivity index (χ1n) is 8.43. The van der Waals surface area contributed by atoms with Gasteiger partial charge in [-0.2, -0.15) is 0 Å². The third-order valence-electron chi connectivity index (χ3n) is 3.99. The molecule has 1 fully saturated rings. The summed E-state index contributed by atoms with van der Waals surface area (Å²) in [6.07, 6.45) is -0.321. The van der Waals surface area contributed by atoms with Gasteiger partial charge in [0, 0.05) is 16.8 Å². The first-order chi connectivity index (χ1) is 12.5. The van der Waals surface area contributed by atoms with Crippen LogP contribution in [0.4, 0.5) is 10.5 Å². The van der Waals surface area contributed by atoms with Crippen molar-refractivity contribution in [2.24, 2.45) is 0 Å². The number of ether oxygens (including phenoxy) is 1. The minimum Gasteiger partial charge on any atom is -0.447 e. The van der Waals surface area contributed by atoms with Gasteiger partial charge in [0.2, 0.25) is 0 Å². The first kappa shape index (κ1) is 17.6. The zero-order chi connectivity index (χ0) is 18.5. The fraction of sp³-hybridized carbons (Fsp3) is 0.238. The van der Waals surface area contributed by atoms with Gasteiger partial charge in [-0.25, -0.2) is 4.79 Å². The maximum absolute atomic E-state index is 12.2. The lowest BCUT2D eigenvalue weighted by Crippen LogP contribution is -2.23. The number of nitrogens with zero attached hydrogens (tertiary/aromatic N) is 1. The van der Waals surface area contributed by atoms with Crippen LogP contribution in [0, 0.1) is 25.7 Å². The summed E-state index contributed by atoms with van der Waals surface area (Å²) < 4.78 is 4.92. The molecule has 2 aromatic rings. The van der Waals surface area contributed by atoms with Crippen LogP contribution in [0.1, 0.15) is 27.0 Å². The SMILES string of the molecule is Cc1cc(C)cc(C(=O)NCC#Cc2ccc(N3CCOC3=O)cc2)c1. The van der Waals surface area contributed by atoms with E-state index in [-0.39, 0.29) is 18.5 Å². The second-order valence-corrected chi connectivity index (χ2v) is 6.17. The van der Waals surface area contributed by atoms with E-state index in [1.807, 2.05) is 56.3 Å². The number of anilines is 1. The van der Waals surface area contributed by atoms with Gasteiger partial charge in [0.05, 0.1) is 13.1 Å². The van der Waals surface area contributed by atoms with Crippen molar-refractivity contribution in [3.8, 4) is 11.8 Å². The molecule has 1 aliphatic rings. The van der Waals surface area contributed by atoms with Crippen LogP contribution in [0.3, 0.4) is 0 Å². The molecule has 0 aliphatic carbocycles. The van der Waals surface area contributed by atoms with E-state index in [1.54, 1.807) is 4.90 Å². The third-order valence-corrected chi connectivity index (χ3v) is 3.99. The Kier molecular flexibility index (Phi) is 5.23. The zero-order valence-corrected chi connectivity index (χ0v) is 14.8. The highest BCUT2D eigenvalue weighted by Gasteiger charge is 2.23. The van der Waals surface area contributed by atoms with Gasteiger partial charge in [-0.3, -0.25) is 9.69 Å². The molecule has 2 amide bonds. The molecule has 26 heavy (non-hydrogen) atoms. The molecule has 1 N–H and O–H groups in total. The van der Waals surface area contributed by atoms with E-state index in [4.69, 9.17) is 4.74 Å². The van der Waals surface area contributed by atoms with Crippen molar-refractivity contribution in [1.82, 2.24) is 5.32 Å². The van der Waals surface area contributed by atoms with Crippen molar-refractivity contribution in [1.29, 1.82) is 0 Å². The number of carbonyl (C=O) groups excluding carboxylic acids is 2. The van der Waals surface area contributed by atoms with Crippen LogP contribution >= 0.6 is 0 Å². The van der Waals surface area contributed by atoms with Gasteiger partial charge in [-0.05, 0) is 50.2 Å². The summed E-state index contributed by atoms with van der Waals surface area (Å²) in [5, 5.41) is 2.80. The summed E-state index contributed by atoms with van der Waals surface area (Å²) in [5.74, 6) is 5.82. The molecule has 5 heteroatoms. The molecule has 0 atom stereocenters. The zero-order valence-electron chi connectivity index (χ0n) is 14.8.